The Hall–Kier alpha value is -1.23. The van der Waals surface area contributed by atoms with Gasteiger partial charge in [0, 0.05) is 7.05 Å². The summed E-state index contributed by atoms with van der Waals surface area (Å²) < 4.78 is 15.5. The molecular weight excluding hydrogens is 273 g/mol. The first-order chi connectivity index (χ1) is 7.63. The molecule has 0 N–H and O–H groups in total. The number of halogens is 2. The molecule has 16 heavy (non-hydrogen) atoms. The van der Waals surface area contributed by atoms with Gasteiger partial charge in [0.1, 0.15) is 11.6 Å². The Bertz CT molecular complexity index is 522. The molecule has 0 amide bonds. The molecule has 0 saturated carbocycles. The normalized spacial score (nSPS) is 10.8. The molecule has 0 atom stereocenters. The molecule has 84 valence electrons. The van der Waals surface area contributed by atoms with Gasteiger partial charge >= 0.3 is 0 Å². The molecule has 1 aromatic carbocycles. The average Bonchev–Trinajstić information content (AvgIpc) is 2.60. The number of nitrogens with zero attached hydrogens (tertiary/aromatic N) is 3. The number of aromatic nitrogens is 3. The molecule has 0 bridgehead atoms. The van der Waals surface area contributed by atoms with E-state index in [0.717, 1.165) is 11.4 Å². The minimum atomic E-state index is -0.267. The van der Waals surface area contributed by atoms with E-state index in [4.69, 9.17) is 0 Å². The zero-order chi connectivity index (χ0) is 11.7. The Labute approximate surface area is 101 Å². The van der Waals surface area contributed by atoms with Crippen molar-refractivity contribution >= 4 is 15.9 Å². The second-order valence-corrected chi connectivity index (χ2v) is 4.18. The summed E-state index contributed by atoms with van der Waals surface area (Å²) in [5.74, 6) is 1.05. The van der Waals surface area contributed by atoms with Crippen molar-refractivity contribution in [3.63, 3.8) is 0 Å². The molecule has 0 aliphatic carbocycles. The van der Waals surface area contributed by atoms with Crippen molar-refractivity contribution in [2.45, 2.75) is 12.3 Å². The van der Waals surface area contributed by atoms with E-state index in [1.165, 1.54) is 6.07 Å². The highest BCUT2D eigenvalue weighted by Gasteiger charge is 2.13. The molecule has 0 saturated heterocycles. The summed E-state index contributed by atoms with van der Waals surface area (Å²) in [5, 5.41) is 8.56. The number of hydrogen-bond donors (Lipinski definition) is 0. The van der Waals surface area contributed by atoms with Crippen LogP contribution in [-0.2, 0) is 12.4 Å². The van der Waals surface area contributed by atoms with Crippen molar-refractivity contribution in [3.05, 3.63) is 35.4 Å². The van der Waals surface area contributed by atoms with Crippen LogP contribution in [0.15, 0.2) is 18.2 Å². The molecule has 2 rings (SSSR count). The van der Waals surface area contributed by atoms with Crippen LogP contribution in [0.2, 0.25) is 0 Å². The molecule has 0 radical (unpaired) electrons. The fourth-order valence-corrected chi connectivity index (χ4v) is 2.00. The fraction of sp³-hybridized carbons (Fsp3) is 0.273. The van der Waals surface area contributed by atoms with Crippen molar-refractivity contribution in [1.29, 1.82) is 0 Å². The summed E-state index contributed by atoms with van der Waals surface area (Å²) in [6, 6.07) is 5.09. The maximum atomic E-state index is 13.7. The number of hydrogen-bond acceptors (Lipinski definition) is 2. The van der Waals surface area contributed by atoms with Gasteiger partial charge in [0.25, 0.3) is 0 Å². The van der Waals surface area contributed by atoms with Crippen LogP contribution in [0.1, 0.15) is 11.4 Å². The van der Waals surface area contributed by atoms with E-state index in [1.807, 2.05) is 20.0 Å². The van der Waals surface area contributed by atoms with Gasteiger partial charge in [-0.2, -0.15) is 0 Å². The van der Waals surface area contributed by atoms with Crippen LogP contribution in [0.3, 0.4) is 0 Å². The van der Waals surface area contributed by atoms with Crippen molar-refractivity contribution in [3.8, 4) is 11.4 Å². The average molecular weight is 284 g/mol. The largest absolute Gasteiger partial charge is 0.313 e. The first-order valence-corrected chi connectivity index (χ1v) is 5.96. The molecule has 1 heterocycles. The minimum Gasteiger partial charge on any atom is -0.313 e. The first kappa shape index (κ1) is 11.3. The summed E-state index contributed by atoms with van der Waals surface area (Å²) in [6.45, 7) is 1.85. The Balaban J connectivity index is 2.54. The molecule has 1 aromatic heterocycles. The Morgan fingerprint density at radius 1 is 1.38 bits per heavy atom. The maximum Gasteiger partial charge on any atom is 0.166 e. The highest BCUT2D eigenvalue weighted by molar-refractivity contribution is 9.08. The lowest BCUT2D eigenvalue weighted by Gasteiger charge is -2.04. The van der Waals surface area contributed by atoms with Crippen LogP contribution in [0, 0.1) is 12.7 Å². The van der Waals surface area contributed by atoms with Crippen LogP contribution >= 0.6 is 15.9 Å². The van der Waals surface area contributed by atoms with Gasteiger partial charge in [-0.1, -0.05) is 22.0 Å². The smallest absolute Gasteiger partial charge is 0.166 e. The summed E-state index contributed by atoms with van der Waals surface area (Å²) >= 11 is 3.31. The van der Waals surface area contributed by atoms with Crippen LogP contribution in [-0.4, -0.2) is 14.8 Å². The monoisotopic (exact) mass is 283 g/mol. The highest BCUT2D eigenvalue weighted by atomic mass is 79.9. The zero-order valence-electron chi connectivity index (χ0n) is 9.04. The molecular formula is C11H11BrFN3. The predicted molar refractivity (Wildman–Crippen MR) is 63.8 cm³/mol. The van der Waals surface area contributed by atoms with E-state index in [1.54, 1.807) is 10.6 Å². The predicted octanol–water partition coefficient (Wildman–Crippen LogP) is 2.82. The number of benzene rings is 1. The van der Waals surface area contributed by atoms with Crippen LogP contribution < -0.4 is 0 Å². The van der Waals surface area contributed by atoms with Crippen molar-refractivity contribution < 1.29 is 4.39 Å². The standard InChI is InChI=1S/C11H11BrFN3/c1-7-3-4-8(9(13)5-7)11-15-14-10(6-12)16(11)2/h3-5H,6H2,1-2H3. The van der Waals surface area contributed by atoms with Gasteiger partial charge < -0.3 is 4.57 Å². The third-order valence-electron chi connectivity index (χ3n) is 2.45. The summed E-state index contributed by atoms with van der Waals surface area (Å²) in [6.07, 6.45) is 0. The second kappa shape index (κ2) is 4.33. The van der Waals surface area contributed by atoms with E-state index in [2.05, 4.69) is 26.1 Å². The van der Waals surface area contributed by atoms with Crippen molar-refractivity contribution in [2.75, 3.05) is 0 Å². The fourth-order valence-electron chi connectivity index (χ4n) is 1.51. The summed E-state index contributed by atoms with van der Waals surface area (Å²) in [5.41, 5.74) is 1.37. The van der Waals surface area contributed by atoms with Gasteiger partial charge in [-0.05, 0) is 24.6 Å². The van der Waals surface area contributed by atoms with E-state index in [9.17, 15) is 4.39 Å². The van der Waals surface area contributed by atoms with Gasteiger partial charge in [-0.25, -0.2) is 4.39 Å². The van der Waals surface area contributed by atoms with E-state index in [0.29, 0.717) is 16.7 Å². The number of aryl methyl sites for hydroxylation is 1. The SMILES string of the molecule is Cc1ccc(-c2nnc(CBr)n2C)c(F)c1. The molecule has 0 spiro atoms. The van der Waals surface area contributed by atoms with Gasteiger partial charge in [0.2, 0.25) is 0 Å². The maximum absolute atomic E-state index is 13.7. The van der Waals surface area contributed by atoms with Gasteiger partial charge in [-0.15, -0.1) is 10.2 Å². The van der Waals surface area contributed by atoms with Gasteiger partial charge in [0.15, 0.2) is 5.82 Å². The zero-order valence-corrected chi connectivity index (χ0v) is 10.6. The Kier molecular flexibility index (Phi) is 3.05. The summed E-state index contributed by atoms with van der Waals surface area (Å²) in [4.78, 5) is 0. The van der Waals surface area contributed by atoms with E-state index in [-0.39, 0.29) is 5.82 Å². The third-order valence-corrected chi connectivity index (χ3v) is 2.95. The number of alkyl halides is 1. The highest BCUT2D eigenvalue weighted by Crippen LogP contribution is 2.22. The van der Waals surface area contributed by atoms with Crippen molar-refractivity contribution in [2.24, 2.45) is 7.05 Å². The van der Waals surface area contributed by atoms with Gasteiger partial charge in [-0.3, -0.25) is 0 Å². The molecule has 0 fully saturated rings. The molecule has 3 nitrogen and oxygen atoms in total. The lowest BCUT2D eigenvalue weighted by Crippen LogP contribution is -1.98. The Morgan fingerprint density at radius 2 is 2.12 bits per heavy atom. The molecule has 5 heteroatoms. The van der Waals surface area contributed by atoms with E-state index < -0.39 is 0 Å². The first-order valence-electron chi connectivity index (χ1n) is 4.84. The van der Waals surface area contributed by atoms with E-state index >= 15 is 0 Å². The lowest BCUT2D eigenvalue weighted by atomic mass is 10.1. The Morgan fingerprint density at radius 3 is 2.69 bits per heavy atom. The lowest BCUT2D eigenvalue weighted by molar-refractivity contribution is 0.627. The van der Waals surface area contributed by atoms with Crippen LogP contribution in [0.5, 0.6) is 0 Å². The minimum absolute atomic E-state index is 0.267. The third kappa shape index (κ3) is 1.87. The topological polar surface area (TPSA) is 30.7 Å². The second-order valence-electron chi connectivity index (χ2n) is 3.62. The molecule has 0 unspecified atom stereocenters. The van der Waals surface area contributed by atoms with Crippen LogP contribution in [0.25, 0.3) is 11.4 Å². The number of rotatable bonds is 2. The molecule has 0 aliphatic rings. The van der Waals surface area contributed by atoms with Crippen LogP contribution in [0.4, 0.5) is 4.39 Å². The summed E-state index contributed by atoms with van der Waals surface area (Å²) in [7, 11) is 1.82. The van der Waals surface area contributed by atoms with Gasteiger partial charge in [0.05, 0.1) is 10.9 Å². The molecule has 0 aliphatic heterocycles. The quantitative estimate of drug-likeness (QED) is 0.794. The van der Waals surface area contributed by atoms with Crippen molar-refractivity contribution in [1.82, 2.24) is 14.8 Å². The molecule has 2 aromatic rings.